The smallest absolute Gasteiger partial charge is 0.263 e. The topological polar surface area (TPSA) is 79.3 Å². The lowest BCUT2D eigenvalue weighted by atomic mass is 9.78. The zero-order chi connectivity index (χ0) is 26.5. The summed E-state index contributed by atoms with van der Waals surface area (Å²) in [7, 11) is 1.78. The lowest BCUT2D eigenvalue weighted by Gasteiger charge is -2.45. The molecule has 8 heteroatoms. The predicted molar refractivity (Wildman–Crippen MR) is 146 cm³/mol. The van der Waals surface area contributed by atoms with Crippen LogP contribution in [0.3, 0.4) is 0 Å². The first-order valence-electron chi connectivity index (χ1n) is 14.8. The molecule has 2 aliphatic carbocycles. The van der Waals surface area contributed by atoms with Gasteiger partial charge in [-0.25, -0.2) is 0 Å². The lowest BCUT2D eigenvalue weighted by molar-refractivity contribution is -0.151. The molecule has 3 fully saturated rings. The molecule has 3 heterocycles. The number of allylic oxidation sites excluding steroid dienone is 1. The van der Waals surface area contributed by atoms with Crippen molar-refractivity contribution in [2.75, 3.05) is 27.3 Å². The molecule has 0 bridgehead atoms. The number of nitrogens with zero attached hydrogens (tertiary/aromatic N) is 2. The molecule has 2 amide bonds. The number of carbonyl (C=O) groups is 2. The molecular formula is C29H48N2O5Si. The number of likely N-dealkylation sites (tertiary alicyclic amines) is 1. The first-order valence-corrected chi connectivity index (χ1v) is 17.9. The summed E-state index contributed by atoms with van der Waals surface area (Å²) in [5.74, 6) is 0.231. The minimum atomic E-state index is -1.97. The van der Waals surface area contributed by atoms with Gasteiger partial charge in [0.1, 0.15) is 0 Å². The van der Waals surface area contributed by atoms with Crippen molar-refractivity contribution < 1.29 is 24.2 Å². The monoisotopic (exact) mass is 532 g/mol. The number of ether oxygens (including phenoxy) is 2. The van der Waals surface area contributed by atoms with Crippen LogP contribution in [0, 0.1) is 5.92 Å². The fraction of sp³-hybridized carbons (Fsp3) is 0.862. The summed E-state index contributed by atoms with van der Waals surface area (Å²) in [5.41, 5.74) is 2.33. The SMILES string of the molecule is COC1CCC([Si](C)(C)[C@@H]2[C@@H](CC(=O)N3CCC[C@H]3CO)O[C@]3(C(=O)N(C)C4=C3CCCC4)[C@H]2C)CC1. The first kappa shape index (κ1) is 27.3. The van der Waals surface area contributed by atoms with Crippen molar-refractivity contribution in [1.29, 1.82) is 0 Å². The van der Waals surface area contributed by atoms with Gasteiger partial charge in [-0.05, 0) is 68.0 Å². The van der Waals surface area contributed by atoms with Crippen LogP contribution in [0.15, 0.2) is 11.3 Å². The molecule has 5 rings (SSSR count). The summed E-state index contributed by atoms with van der Waals surface area (Å²) >= 11 is 0. The molecule has 208 valence electrons. The largest absolute Gasteiger partial charge is 0.394 e. The standard InChI is InChI=1S/C29H48N2O5Si/c1-19-27(37(4,5)22-14-12-21(35-3)13-15-22)25(17-26(33)31-16-8-9-20(31)18-32)36-29(19)23-10-6-7-11-24(23)30(2)28(29)34/h19-22,25,27,32H,6-18H2,1-5H3/t19-,20-,21?,22?,25+,27-,29+/m0/s1. The van der Waals surface area contributed by atoms with E-state index in [4.69, 9.17) is 9.47 Å². The van der Waals surface area contributed by atoms with Gasteiger partial charge in [0.05, 0.1) is 39.4 Å². The van der Waals surface area contributed by atoms with Crippen LogP contribution in [-0.2, 0) is 19.1 Å². The third kappa shape index (κ3) is 4.34. The Kier molecular flexibility index (Phi) is 7.68. The summed E-state index contributed by atoms with van der Waals surface area (Å²) in [5, 5.41) is 9.86. The van der Waals surface area contributed by atoms with E-state index in [2.05, 4.69) is 20.0 Å². The summed E-state index contributed by atoms with van der Waals surface area (Å²) in [4.78, 5) is 31.5. The summed E-state index contributed by atoms with van der Waals surface area (Å²) in [6.45, 7) is 7.98. The van der Waals surface area contributed by atoms with E-state index in [9.17, 15) is 14.7 Å². The van der Waals surface area contributed by atoms with Crippen LogP contribution in [-0.4, -0.2) is 86.0 Å². The fourth-order valence-corrected chi connectivity index (χ4v) is 14.0. The van der Waals surface area contributed by atoms with Gasteiger partial charge >= 0.3 is 0 Å². The Morgan fingerprint density at radius 1 is 1.14 bits per heavy atom. The van der Waals surface area contributed by atoms with Gasteiger partial charge in [0.2, 0.25) is 5.91 Å². The molecule has 2 saturated heterocycles. The van der Waals surface area contributed by atoms with E-state index in [0.717, 1.165) is 64.2 Å². The molecule has 3 aliphatic heterocycles. The number of rotatable bonds is 6. The first-order chi connectivity index (χ1) is 17.7. The second-order valence-electron chi connectivity index (χ2n) is 13.0. The van der Waals surface area contributed by atoms with Crippen molar-refractivity contribution in [3.05, 3.63) is 11.3 Å². The summed E-state index contributed by atoms with van der Waals surface area (Å²) in [6, 6.07) is -0.0831. The van der Waals surface area contributed by atoms with Gasteiger partial charge in [-0.15, -0.1) is 0 Å². The van der Waals surface area contributed by atoms with Gasteiger partial charge in [0.15, 0.2) is 5.60 Å². The highest BCUT2D eigenvalue weighted by Crippen LogP contribution is 2.61. The quantitative estimate of drug-likeness (QED) is 0.511. The molecule has 1 saturated carbocycles. The maximum absolute atomic E-state index is 14.1. The molecule has 5 aliphatic rings. The minimum absolute atomic E-state index is 0.0174. The normalized spacial score (nSPS) is 38.7. The molecule has 0 aromatic rings. The number of aliphatic hydroxyl groups excluding tert-OH is 1. The van der Waals surface area contributed by atoms with E-state index in [1.165, 1.54) is 11.3 Å². The van der Waals surface area contributed by atoms with Crippen molar-refractivity contribution in [1.82, 2.24) is 9.80 Å². The Morgan fingerprint density at radius 3 is 2.51 bits per heavy atom. The molecular weight excluding hydrogens is 484 g/mol. The Balaban J connectivity index is 1.49. The predicted octanol–water partition coefficient (Wildman–Crippen LogP) is 4.47. The van der Waals surface area contributed by atoms with Crippen LogP contribution in [0.4, 0.5) is 0 Å². The number of likely N-dealkylation sites (N-methyl/N-ethyl adjacent to an activating group) is 1. The van der Waals surface area contributed by atoms with Gasteiger partial charge in [-0.3, -0.25) is 9.59 Å². The summed E-state index contributed by atoms with van der Waals surface area (Å²) in [6.07, 6.45) is 10.8. The van der Waals surface area contributed by atoms with Crippen molar-refractivity contribution in [3.63, 3.8) is 0 Å². The number of hydrogen-bond acceptors (Lipinski definition) is 5. The maximum atomic E-state index is 14.1. The Hall–Kier alpha value is -1.22. The maximum Gasteiger partial charge on any atom is 0.263 e. The minimum Gasteiger partial charge on any atom is -0.394 e. The van der Waals surface area contributed by atoms with Crippen LogP contribution >= 0.6 is 0 Å². The summed E-state index contributed by atoms with van der Waals surface area (Å²) < 4.78 is 12.7. The third-order valence-electron chi connectivity index (χ3n) is 11.0. The van der Waals surface area contributed by atoms with Crippen LogP contribution in [0.25, 0.3) is 0 Å². The number of aliphatic hydroxyl groups is 1. The Labute approximate surface area is 223 Å². The van der Waals surface area contributed by atoms with Crippen LogP contribution in [0.2, 0.25) is 24.2 Å². The van der Waals surface area contributed by atoms with Gasteiger partial charge in [-0.2, -0.15) is 0 Å². The Bertz CT molecular complexity index is 929. The van der Waals surface area contributed by atoms with E-state index >= 15 is 0 Å². The van der Waals surface area contributed by atoms with Crippen molar-refractivity contribution in [3.8, 4) is 0 Å². The van der Waals surface area contributed by atoms with Gasteiger partial charge < -0.3 is 24.4 Å². The van der Waals surface area contributed by atoms with Crippen LogP contribution in [0.5, 0.6) is 0 Å². The molecule has 37 heavy (non-hydrogen) atoms. The number of fused-ring (bicyclic) bond motifs is 1. The highest BCUT2D eigenvalue weighted by molar-refractivity contribution is 6.80. The molecule has 1 spiro atoms. The van der Waals surface area contributed by atoms with Crippen LogP contribution in [0.1, 0.15) is 77.6 Å². The van der Waals surface area contributed by atoms with Crippen molar-refractivity contribution in [2.45, 2.75) is 126 Å². The van der Waals surface area contributed by atoms with Gasteiger partial charge in [0.25, 0.3) is 5.91 Å². The second-order valence-corrected chi connectivity index (χ2v) is 18.1. The number of amides is 2. The molecule has 0 unspecified atom stereocenters. The lowest BCUT2D eigenvalue weighted by Crippen LogP contribution is -2.50. The molecule has 0 aromatic carbocycles. The van der Waals surface area contributed by atoms with Gasteiger partial charge in [-0.1, -0.05) is 32.9 Å². The number of hydrogen-bond donors (Lipinski definition) is 1. The Morgan fingerprint density at radius 2 is 1.84 bits per heavy atom. The van der Waals surface area contributed by atoms with E-state index in [1.54, 1.807) is 0 Å². The highest BCUT2D eigenvalue weighted by Gasteiger charge is 2.67. The fourth-order valence-electron chi connectivity index (χ4n) is 9.00. The zero-order valence-electron chi connectivity index (χ0n) is 23.6. The van der Waals surface area contributed by atoms with Crippen molar-refractivity contribution in [2.24, 2.45) is 5.92 Å². The van der Waals surface area contributed by atoms with Gasteiger partial charge in [0, 0.05) is 32.3 Å². The van der Waals surface area contributed by atoms with Crippen molar-refractivity contribution >= 4 is 19.9 Å². The number of methoxy groups -OCH3 is 1. The number of carbonyl (C=O) groups excluding carboxylic acids is 2. The second kappa shape index (κ2) is 10.4. The molecule has 5 atom stereocenters. The van der Waals surface area contributed by atoms with Crippen LogP contribution < -0.4 is 0 Å². The molecule has 0 radical (unpaired) electrons. The average Bonchev–Trinajstić information content (AvgIpc) is 3.56. The van der Waals surface area contributed by atoms with E-state index in [1.807, 2.05) is 24.0 Å². The molecule has 7 nitrogen and oxygen atoms in total. The van der Waals surface area contributed by atoms with E-state index < -0.39 is 13.7 Å². The van der Waals surface area contributed by atoms with E-state index in [0.29, 0.717) is 24.6 Å². The molecule has 0 aromatic heterocycles. The van der Waals surface area contributed by atoms with E-state index in [-0.39, 0.29) is 42.0 Å². The highest BCUT2D eigenvalue weighted by atomic mass is 28.3. The zero-order valence-corrected chi connectivity index (χ0v) is 24.6. The third-order valence-corrected chi connectivity index (χ3v) is 16.3. The average molecular weight is 533 g/mol. The molecule has 1 N–H and O–H groups in total.